The standard InChI is InChI=1S/C15H19N3O3/c1-18(2)14-6-5-12(21-14)8-11(9-16)15(19)17-10-13-4-3-7-20-13/h5-6,8,13H,3-4,7,10H2,1-2H3,(H,17,19)/b11-8+. The molecule has 112 valence electrons. The third-order valence-corrected chi connectivity index (χ3v) is 3.22. The first-order valence-corrected chi connectivity index (χ1v) is 6.89. The fourth-order valence-electron chi connectivity index (χ4n) is 2.06. The Balaban J connectivity index is 1.98. The Morgan fingerprint density at radius 1 is 1.57 bits per heavy atom. The van der Waals surface area contributed by atoms with Gasteiger partial charge in [-0.2, -0.15) is 5.26 Å². The molecule has 1 aromatic rings. The molecule has 1 amide bonds. The van der Waals surface area contributed by atoms with E-state index in [4.69, 9.17) is 14.4 Å². The lowest BCUT2D eigenvalue weighted by atomic mass is 10.2. The number of carbonyl (C=O) groups is 1. The normalized spacial score (nSPS) is 18.3. The number of hydrogen-bond donors (Lipinski definition) is 1. The number of amides is 1. The zero-order valence-corrected chi connectivity index (χ0v) is 12.3. The van der Waals surface area contributed by atoms with E-state index >= 15 is 0 Å². The maximum atomic E-state index is 12.0. The predicted octanol–water partition coefficient (Wildman–Crippen LogP) is 1.55. The lowest BCUT2D eigenvalue weighted by molar-refractivity contribution is -0.117. The van der Waals surface area contributed by atoms with E-state index in [1.54, 1.807) is 17.0 Å². The van der Waals surface area contributed by atoms with Crippen LogP contribution in [0.2, 0.25) is 0 Å². The summed E-state index contributed by atoms with van der Waals surface area (Å²) in [6, 6.07) is 5.40. The minimum Gasteiger partial charge on any atom is -0.441 e. The molecule has 1 aromatic heterocycles. The molecular weight excluding hydrogens is 270 g/mol. The average molecular weight is 289 g/mol. The van der Waals surface area contributed by atoms with E-state index in [1.165, 1.54) is 6.08 Å². The first kappa shape index (κ1) is 15.1. The fraction of sp³-hybridized carbons (Fsp3) is 0.467. The molecule has 1 unspecified atom stereocenters. The molecule has 0 aromatic carbocycles. The Kier molecular flexibility index (Phi) is 5.01. The van der Waals surface area contributed by atoms with Crippen molar-refractivity contribution in [2.24, 2.45) is 0 Å². The monoisotopic (exact) mass is 289 g/mol. The quantitative estimate of drug-likeness (QED) is 0.657. The highest BCUT2D eigenvalue weighted by Crippen LogP contribution is 2.18. The molecule has 6 nitrogen and oxygen atoms in total. The van der Waals surface area contributed by atoms with Crippen LogP contribution >= 0.6 is 0 Å². The van der Waals surface area contributed by atoms with Crippen LogP contribution in [0.4, 0.5) is 5.88 Å². The molecule has 2 rings (SSSR count). The summed E-state index contributed by atoms with van der Waals surface area (Å²) < 4.78 is 10.9. The number of carbonyl (C=O) groups excluding carboxylic acids is 1. The summed E-state index contributed by atoms with van der Waals surface area (Å²) in [4.78, 5) is 13.8. The Morgan fingerprint density at radius 2 is 2.38 bits per heavy atom. The van der Waals surface area contributed by atoms with Crippen molar-refractivity contribution in [2.75, 3.05) is 32.1 Å². The van der Waals surface area contributed by atoms with Gasteiger partial charge in [-0.15, -0.1) is 0 Å². The highest BCUT2D eigenvalue weighted by molar-refractivity contribution is 6.01. The maximum Gasteiger partial charge on any atom is 0.262 e. The number of anilines is 1. The molecule has 0 spiro atoms. The first-order chi connectivity index (χ1) is 10.1. The first-order valence-electron chi connectivity index (χ1n) is 6.89. The third-order valence-electron chi connectivity index (χ3n) is 3.22. The molecule has 0 radical (unpaired) electrons. The molecule has 1 fully saturated rings. The van der Waals surface area contributed by atoms with Gasteiger partial charge in [-0.3, -0.25) is 4.79 Å². The van der Waals surface area contributed by atoms with Gasteiger partial charge in [-0.25, -0.2) is 0 Å². The number of rotatable bonds is 5. The van der Waals surface area contributed by atoms with E-state index in [0.717, 1.165) is 19.4 Å². The largest absolute Gasteiger partial charge is 0.441 e. The molecule has 1 aliphatic heterocycles. The number of ether oxygens (including phenoxy) is 1. The van der Waals surface area contributed by atoms with E-state index in [9.17, 15) is 4.79 Å². The van der Waals surface area contributed by atoms with Crippen molar-refractivity contribution in [1.29, 1.82) is 5.26 Å². The Morgan fingerprint density at radius 3 is 2.95 bits per heavy atom. The van der Waals surface area contributed by atoms with Crippen molar-refractivity contribution in [3.63, 3.8) is 0 Å². The van der Waals surface area contributed by atoms with Gasteiger partial charge >= 0.3 is 0 Å². The van der Waals surface area contributed by atoms with Crippen molar-refractivity contribution in [3.05, 3.63) is 23.5 Å². The Hall–Kier alpha value is -2.26. The highest BCUT2D eigenvalue weighted by Gasteiger charge is 2.17. The summed E-state index contributed by atoms with van der Waals surface area (Å²) >= 11 is 0. The molecule has 6 heteroatoms. The summed E-state index contributed by atoms with van der Waals surface area (Å²) in [5.74, 6) is 0.733. The molecule has 1 atom stereocenters. The Bertz CT molecular complexity index is 563. The molecule has 1 N–H and O–H groups in total. The molecule has 1 aliphatic rings. The zero-order valence-electron chi connectivity index (χ0n) is 12.3. The molecule has 2 heterocycles. The summed E-state index contributed by atoms with van der Waals surface area (Å²) in [6.45, 7) is 1.17. The number of nitrogens with zero attached hydrogens (tertiary/aromatic N) is 2. The van der Waals surface area contributed by atoms with Crippen LogP contribution < -0.4 is 10.2 Å². The minimum absolute atomic E-state index is 0.0210. The summed E-state index contributed by atoms with van der Waals surface area (Å²) in [6.07, 6.45) is 3.45. The van der Waals surface area contributed by atoms with Crippen LogP contribution in [0.1, 0.15) is 18.6 Å². The summed E-state index contributed by atoms with van der Waals surface area (Å²) in [5, 5.41) is 11.8. The second-order valence-electron chi connectivity index (χ2n) is 5.09. The lowest BCUT2D eigenvalue weighted by Gasteiger charge is -2.10. The van der Waals surface area contributed by atoms with E-state index in [-0.39, 0.29) is 11.7 Å². The van der Waals surface area contributed by atoms with Crippen molar-refractivity contribution < 1.29 is 13.9 Å². The van der Waals surface area contributed by atoms with Crippen LogP contribution in [-0.4, -0.2) is 39.3 Å². The second kappa shape index (κ2) is 6.95. The van der Waals surface area contributed by atoms with Gasteiger partial charge in [0.25, 0.3) is 5.91 Å². The van der Waals surface area contributed by atoms with Crippen LogP contribution in [0.25, 0.3) is 6.08 Å². The molecule has 0 aliphatic carbocycles. The van der Waals surface area contributed by atoms with Crippen LogP contribution in [0.3, 0.4) is 0 Å². The van der Waals surface area contributed by atoms with Gasteiger partial charge in [0, 0.05) is 39.4 Å². The van der Waals surface area contributed by atoms with Crippen LogP contribution in [0, 0.1) is 11.3 Å². The second-order valence-corrected chi connectivity index (χ2v) is 5.09. The van der Waals surface area contributed by atoms with Gasteiger partial charge in [-0.1, -0.05) is 0 Å². The van der Waals surface area contributed by atoms with Crippen LogP contribution in [-0.2, 0) is 9.53 Å². The predicted molar refractivity (Wildman–Crippen MR) is 78.6 cm³/mol. The summed E-state index contributed by atoms with van der Waals surface area (Å²) in [7, 11) is 3.71. The van der Waals surface area contributed by atoms with Gasteiger partial charge in [0.1, 0.15) is 17.4 Å². The topological polar surface area (TPSA) is 78.5 Å². The smallest absolute Gasteiger partial charge is 0.262 e. The number of nitrogens with one attached hydrogen (secondary N) is 1. The van der Waals surface area contributed by atoms with Crippen molar-refractivity contribution in [2.45, 2.75) is 18.9 Å². The zero-order chi connectivity index (χ0) is 15.2. The van der Waals surface area contributed by atoms with Gasteiger partial charge in [0.2, 0.25) is 0 Å². The SMILES string of the molecule is CN(C)c1ccc(/C=C(\C#N)C(=O)NCC2CCCO2)o1. The van der Waals surface area contributed by atoms with Gasteiger partial charge in [0.05, 0.1) is 6.10 Å². The summed E-state index contributed by atoms with van der Waals surface area (Å²) in [5.41, 5.74) is 0.0210. The Labute approximate surface area is 124 Å². The number of furan rings is 1. The fourth-order valence-corrected chi connectivity index (χ4v) is 2.06. The van der Waals surface area contributed by atoms with Gasteiger partial charge in [0.15, 0.2) is 5.88 Å². The van der Waals surface area contributed by atoms with Crippen molar-refractivity contribution in [3.8, 4) is 6.07 Å². The van der Waals surface area contributed by atoms with Gasteiger partial charge in [-0.05, 0) is 18.9 Å². The van der Waals surface area contributed by atoms with Crippen LogP contribution in [0.5, 0.6) is 0 Å². The van der Waals surface area contributed by atoms with E-state index < -0.39 is 5.91 Å². The van der Waals surface area contributed by atoms with Crippen molar-refractivity contribution in [1.82, 2.24) is 5.32 Å². The molecule has 1 saturated heterocycles. The number of hydrogen-bond acceptors (Lipinski definition) is 5. The van der Waals surface area contributed by atoms with E-state index in [1.807, 2.05) is 20.2 Å². The van der Waals surface area contributed by atoms with E-state index in [0.29, 0.717) is 18.2 Å². The van der Waals surface area contributed by atoms with Crippen molar-refractivity contribution >= 4 is 17.9 Å². The van der Waals surface area contributed by atoms with E-state index in [2.05, 4.69) is 5.32 Å². The number of nitriles is 1. The van der Waals surface area contributed by atoms with Gasteiger partial charge < -0.3 is 19.4 Å². The lowest BCUT2D eigenvalue weighted by Crippen LogP contribution is -2.32. The average Bonchev–Trinajstić information content (AvgIpc) is 3.13. The van der Waals surface area contributed by atoms with Crippen LogP contribution in [0.15, 0.2) is 22.1 Å². The third kappa shape index (κ3) is 4.10. The highest BCUT2D eigenvalue weighted by atomic mass is 16.5. The maximum absolute atomic E-state index is 12.0. The molecular formula is C15H19N3O3. The molecule has 21 heavy (non-hydrogen) atoms. The minimum atomic E-state index is -0.407. The molecule has 0 bridgehead atoms. The molecule has 0 saturated carbocycles.